The van der Waals surface area contributed by atoms with Crippen molar-refractivity contribution in [2.75, 3.05) is 44.2 Å². The Morgan fingerprint density at radius 3 is 2.46 bits per heavy atom. The molecular weight excluding hydrogens is 358 g/mol. The van der Waals surface area contributed by atoms with Gasteiger partial charge in [-0.05, 0) is 44.4 Å². The molecule has 1 unspecified atom stereocenters. The predicted octanol–water partition coefficient (Wildman–Crippen LogP) is 4.54. The van der Waals surface area contributed by atoms with Crippen molar-refractivity contribution in [3.8, 4) is 0 Å². The number of hydrogen-bond acceptors (Lipinski definition) is 5. The van der Waals surface area contributed by atoms with E-state index in [0.29, 0.717) is 0 Å². The topological polar surface area (TPSA) is 9.72 Å². The van der Waals surface area contributed by atoms with E-state index in [1.54, 1.807) is 0 Å². The lowest BCUT2D eigenvalue weighted by Crippen LogP contribution is -2.50. The molecule has 5 heteroatoms. The van der Waals surface area contributed by atoms with Crippen LogP contribution < -0.4 is 4.90 Å². The molecule has 1 aromatic rings. The minimum Gasteiger partial charge on any atom is -0.350 e. The molecule has 144 valence electrons. The number of thiol groups is 1. The maximum absolute atomic E-state index is 4.77. The van der Waals surface area contributed by atoms with Crippen molar-refractivity contribution in [1.82, 2.24) is 9.80 Å². The molecule has 0 aromatic heterocycles. The molecule has 3 nitrogen and oxygen atoms in total. The number of rotatable bonds is 6. The number of para-hydroxylation sites is 1. The summed E-state index contributed by atoms with van der Waals surface area (Å²) in [6.07, 6.45) is 9.82. The molecule has 4 rings (SSSR count). The van der Waals surface area contributed by atoms with Gasteiger partial charge in [-0.3, -0.25) is 4.90 Å². The summed E-state index contributed by atoms with van der Waals surface area (Å²) in [5, 5.41) is 0. The van der Waals surface area contributed by atoms with Crippen molar-refractivity contribution in [3.05, 3.63) is 24.3 Å². The van der Waals surface area contributed by atoms with Crippen molar-refractivity contribution < 1.29 is 0 Å². The average Bonchev–Trinajstić information content (AvgIpc) is 3.01. The van der Waals surface area contributed by atoms with Gasteiger partial charge in [0.2, 0.25) is 0 Å². The lowest BCUT2D eigenvalue weighted by atomic mass is 9.94. The van der Waals surface area contributed by atoms with Crippen LogP contribution in [0.2, 0.25) is 0 Å². The largest absolute Gasteiger partial charge is 0.350 e. The van der Waals surface area contributed by atoms with Crippen LogP contribution in [0.15, 0.2) is 29.2 Å². The number of fused-ring (bicyclic) bond motifs is 1. The van der Waals surface area contributed by atoms with Crippen LogP contribution in [0.3, 0.4) is 0 Å². The smallest absolute Gasteiger partial charge is 0.124 e. The summed E-state index contributed by atoms with van der Waals surface area (Å²) in [5.74, 6) is 0. The molecule has 2 heterocycles. The van der Waals surface area contributed by atoms with Gasteiger partial charge < -0.3 is 9.80 Å². The van der Waals surface area contributed by atoms with Crippen molar-refractivity contribution in [1.29, 1.82) is 0 Å². The number of nitrogens with zero attached hydrogens (tertiary/aromatic N) is 3. The fourth-order valence-electron chi connectivity index (χ4n) is 4.74. The second-order valence-electron chi connectivity index (χ2n) is 7.98. The summed E-state index contributed by atoms with van der Waals surface area (Å²) in [4.78, 5) is 9.31. The van der Waals surface area contributed by atoms with Crippen LogP contribution in [0.5, 0.6) is 0 Å². The molecule has 26 heavy (non-hydrogen) atoms. The quantitative estimate of drug-likeness (QED) is 0.563. The standard InChI is InChI=1S/C21H33N3S2/c25-21-24(19-10-4-5-11-20(19)26-21)13-7-6-12-22-14-16-23(17-15-22)18-8-2-1-3-9-18/h4-5,10-11,18,21,25H,1-3,6-9,12-17H2. The Bertz CT molecular complexity index is 568. The van der Waals surface area contributed by atoms with Crippen LogP contribution in [0.4, 0.5) is 5.69 Å². The summed E-state index contributed by atoms with van der Waals surface area (Å²) in [6.45, 7) is 7.51. The molecule has 2 aliphatic heterocycles. The van der Waals surface area contributed by atoms with Gasteiger partial charge in [0.1, 0.15) is 4.71 Å². The normalized spacial score (nSPS) is 25.6. The van der Waals surface area contributed by atoms with Gasteiger partial charge in [0.15, 0.2) is 0 Å². The summed E-state index contributed by atoms with van der Waals surface area (Å²) < 4.78 is 0.284. The van der Waals surface area contributed by atoms with Gasteiger partial charge in [0.05, 0.1) is 5.69 Å². The van der Waals surface area contributed by atoms with E-state index in [0.717, 1.165) is 12.6 Å². The Labute approximate surface area is 168 Å². The van der Waals surface area contributed by atoms with Crippen LogP contribution in [-0.2, 0) is 0 Å². The minimum absolute atomic E-state index is 0.284. The van der Waals surface area contributed by atoms with Gasteiger partial charge in [-0.1, -0.05) is 43.2 Å². The molecule has 0 spiro atoms. The lowest BCUT2D eigenvalue weighted by molar-refractivity contribution is 0.0783. The number of thioether (sulfide) groups is 1. The maximum atomic E-state index is 4.77. The maximum Gasteiger partial charge on any atom is 0.124 e. The van der Waals surface area contributed by atoms with E-state index in [9.17, 15) is 0 Å². The third kappa shape index (κ3) is 4.54. The highest BCUT2D eigenvalue weighted by Crippen LogP contribution is 2.44. The van der Waals surface area contributed by atoms with Crippen LogP contribution >= 0.6 is 24.4 Å². The monoisotopic (exact) mass is 391 g/mol. The Kier molecular flexibility index (Phi) is 6.73. The molecule has 1 saturated carbocycles. The Hall–Kier alpha value is -0.360. The molecule has 0 amide bonds. The van der Waals surface area contributed by atoms with Gasteiger partial charge in [-0.25, -0.2) is 0 Å². The van der Waals surface area contributed by atoms with E-state index in [4.69, 9.17) is 12.6 Å². The first kappa shape index (κ1) is 19.0. The molecule has 1 saturated heterocycles. The lowest BCUT2D eigenvalue weighted by Gasteiger charge is -2.40. The average molecular weight is 392 g/mol. The van der Waals surface area contributed by atoms with Gasteiger partial charge in [-0.15, -0.1) is 12.6 Å². The third-order valence-electron chi connectivity index (χ3n) is 6.30. The van der Waals surface area contributed by atoms with E-state index in [1.165, 1.54) is 88.3 Å². The first-order valence-electron chi connectivity index (χ1n) is 10.5. The van der Waals surface area contributed by atoms with Gasteiger partial charge in [-0.2, -0.15) is 0 Å². The summed E-state index contributed by atoms with van der Waals surface area (Å²) in [6, 6.07) is 9.62. The first-order chi connectivity index (χ1) is 12.8. The summed E-state index contributed by atoms with van der Waals surface area (Å²) in [7, 11) is 0. The SMILES string of the molecule is SC1Sc2ccccc2N1CCCCN1CCN(C2CCCCC2)CC1. The van der Waals surface area contributed by atoms with E-state index in [2.05, 4.69) is 39.0 Å². The van der Waals surface area contributed by atoms with Crippen molar-refractivity contribution in [3.63, 3.8) is 0 Å². The molecule has 1 aromatic carbocycles. The molecule has 1 atom stereocenters. The first-order valence-corrected chi connectivity index (χ1v) is 11.9. The zero-order valence-corrected chi connectivity index (χ0v) is 17.6. The molecule has 0 bridgehead atoms. The fraction of sp³-hybridized carbons (Fsp3) is 0.714. The van der Waals surface area contributed by atoms with Gasteiger partial charge in [0.25, 0.3) is 0 Å². The van der Waals surface area contributed by atoms with E-state index >= 15 is 0 Å². The van der Waals surface area contributed by atoms with Crippen LogP contribution in [0, 0.1) is 0 Å². The number of hydrogen-bond donors (Lipinski definition) is 1. The zero-order chi connectivity index (χ0) is 17.8. The van der Waals surface area contributed by atoms with Crippen molar-refractivity contribution in [2.24, 2.45) is 0 Å². The highest BCUT2D eigenvalue weighted by atomic mass is 32.2. The Balaban J connectivity index is 1.15. The summed E-state index contributed by atoms with van der Waals surface area (Å²) >= 11 is 6.64. The number of piperazine rings is 1. The van der Waals surface area contributed by atoms with Crippen LogP contribution in [-0.4, -0.2) is 59.8 Å². The van der Waals surface area contributed by atoms with E-state index in [1.807, 2.05) is 11.8 Å². The third-order valence-corrected chi connectivity index (χ3v) is 7.95. The predicted molar refractivity (Wildman–Crippen MR) is 117 cm³/mol. The van der Waals surface area contributed by atoms with Gasteiger partial charge in [0, 0.05) is 43.7 Å². The van der Waals surface area contributed by atoms with Crippen LogP contribution in [0.25, 0.3) is 0 Å². The molecular formula is C21H33N3S2. The number of benzene rings is 1. The molecule has 0 radical (unpaired) electrons. The van der Waals surface area contributed by atoms with Crippen molar-refractivity contribution in [2.45, 2.75) is 60.6 Å². The fourth-order valence-corrected chi connectivity index (χ4v) is 6.35. The second kappa shape index (κ2) is 9.22. The van der Waals surface area contributed by atoms with Crippen molar-refractivity contribution >= 4 is 30.1 Å². The number of unbranched alkanes of at least 4 members (excludes halogenated alkanes) is 1. The molecule has 1 aliphatic carbocycles. The van der Waals surface area contributed by atoms with E-state index in [-0.39, 0.29) is 4.71 Å². The highest BCUT2D eigenvalue weighted by molar-refractivity contribution is 8.10. The minimum atomic E-state index is 0.284. The van der Waals surface area contributed by atoms with Crippen LogP contribution in [0.1, 0.15) is 44.9 Å². The van der Waals surface area contributed by atoms with Gasteiger partial charge >= 0.3 is 0 Å². The summed E-state index contributed by atoms with van der Waals surface area (Å²) in [5.41, 5.74) is 1.37. The Morgan fingerprint density at radius 2 is 1.65 bits per heavy atom. The highest BCUT2D eigenvalue weighted by Gasteiger charge is 2.27. The zero-order valence-electron chi connectivity index (χ0n) is 15.9. The molecule has 0 N–H and O–H groups in total. The molecule has 2 fully saturated rings. The second-order valence-corrected chi connectivity index (χ2v) is 9.94. The molecule has 3 aliphatic rings. The number of anilines is 1. The Morgan fingerprint density at radius 1 is 0.923 bits per heavy atom. The van der Waals surface area contributed by atoms with E-state index < -0.39 is 0 Å².